The van der Waals surface area contributed by atoms with Gasteiger partial charge in [-0.15, -0.1) is 22.7 Å². The molecular formula is C43H45N2O2PS2. The monoisotopic (exact) mass is 716 g/mol. The average molecular weight is 717 g/mol. The Balaban J connectivity index is 1.44. The fourth-order valence-corrected chi connectivity index (χ4v) is 13.2. The number of anilines is 2. The summed E-state index contributed by atoms with van der Waals surface area (Å²) in [5.41, 5.74) is 6.14. The van der Waals surface area contributed by atoms with Gasteiger partial charge in [-0.25, -0.2) is 0 Å². The molecule has 0 amide bonds. The van der Waals surface area contributed by atoms with Crippen LogP contribution in [0.4, 0.5) is 11.4 Å². The smallest absolute Gasteiger partial charge is 0.126 e. The van der Waals surface area contributed by atoms with Crippen LogP contribution in [0.3, 0.4) is 0 Å². The lowest BCUT2D eigenvalue weighted by Crippen LogP contribution is -2.30. The fourth-order valence-electron chi connectivity index (χ4n) is 7.22. The van der Waals surface area contributed by atoms with Gasteiger partial charge in [0.1, 0.15) is 11.5 Å². The quantitative estimate of drug-likeness (QED) is 0.118. The molecule has 0 bridgehead atoms. The van der Waals surface area contributed by atoms with Gasteiger partial charge < -0.3 is 19.3 Å². The lowest BCUT2D eigenvalue weighted by molar-refractivity contribution is 0.385. The maximum Gasteiger partial charge on any atom is 0.126 e. The molecule has 0 atom stereocenters. The third-order valence-corrected chi connectivity index (χ3v) is 15.1. The van der Waals surface area contributed by atoms with E-state index in [4.69, 9.17) is 9.47 Å². The molecule has 0 saturated heterocycles. The zero-order valence-corrected chi connectivity index (χ0v) is 32.3. The number of thiophene rings is 2. The van der Waals surface area contributed by atoms with E-state index < -0.39 is 7.92 Å². The van der Waals surface area contributed by atoms with Crippen molar-refractivity contribution in [3.63, 3.8) is 0 Å². The second-order valence-corrected chi connectivity index (χ2v) is 16.7. The minimum Gasteiger partial charge on any atom is -0.496 e. The predicted octanol–water partition coefficient (Wildman–Crippen LogP) is 10.1. The average Bonchev–Trinajstić information content (AvgIpc) is 3.81. The van der Waals surface area contributed by atoms with Crippen LogP contribution in [0.2, 0.25) is 0 Å². The van der Waals surface area contributed by atoms with E-state index in [9.17, 15) is 0 Å². The zero-order chi connectivity index (χ0) is 34.8. The second kappa shape index (κ2) is 15.0. The van der Waals surface area contributed by atoms with Gasteiger partial charge in [0.05, 0.1) is 20.1 Å². The SMILES string of the molecule is CCN(CC)c1ccc(-c2cc3c(s2)C(c2c(OC)cccc2OC)c2sc(-c4ccc(N(CC)CC)cc4)cc2P3c2ccccc2)cc1. The maximum atomic E-state index is 6.10. The van der Waals surface area contributed by atoms with Gasteiger partial charge in [0.2, 0.25) is 0 Å². The molecule has 0 N–H and O–H groups in total. The standard InChI is InChI=1S/C43H45N2O2PS2/c1-7-44(8-2)31-23-19-29(20-24-31)38-27-36-42(49-38)41(40-34(46-5)17-14-18-35(40)47-6)43-37(48(36)33-15-12-11-13-16-33)28-39(50-43)30-21-25-32(26-22-30)45(9-3)10-4/h11-28,41H,7-10H2,1-6H3. The molecule has 4 nitrogen and oxygen atoms in total. The van der Waals surface area contributed by atoms with Gasteiger partial charge in [-0.05, 0) is 101 Å². The molecule has 1 aliphatic rings. The Morgan fingerprint density at radius 1 is 0.560 bits per heavy atom. The van der Waals surface area contributed by atoms with Crippen molar-refractivity contribution in [1.29, 1.82) is 0 Å². The molecule has 0 saturated carbocycles. The highest BCUT2D eigenvalue weighted by Crippen LogP contribution is 2.56. The second-order valence-electron chi connectivity index (χ2n) is 12.3. The van der Waals surface area contributed by atoms with E-state index in [1.54, 1.807) is 14.2 Å². The molecule has 7 heteroatoms. The summed E-state index contributed by atoms with van der Waals surface area (Å²) in [7, 11) is 2.74. The van der Waals surface area contributed by atoms with Gasteiger partial charge in [-0.3, -0.25) is 0 Å². The van der Waals surface area contributed by atoms with Crippen LogP contribution in [0, 0.1) is 0 Å². The van der Waals surface area contributed by atoms with Gasteiger partial charge in [0.25, 0.3) is 0 Å². The van der Waals surface area contributed by atoms with Crippen LogP contribution < -0.4 is 35.2 Å². The van der Waals surface area contributed by atoms with Crippen LogP contribution in [-0.2, 0) is 0 Å². The Morgan fingerprint density at radius 3 is 1.40 bits per heavy atom. The molecule has 3 heterocycles. The van der Waals surface area contributed by atoms with Crippen molar-refractivity contribution >= 4 is 57.9 Å². The Morgan fingerprint density at radius 2 is 1.00 bits per heavy atom. The lowest BCUT2D eigenvalue weighted by atomic mass is 9.93. The number of hydrogen-bond acceptors (Lipinski definition) is 6. The maximum absolute atomic E-state index is 6.10. The van der Waals surface area contributed by atoms with Crippen LogP contribution in [0.15, 0.2) is 109 Å². The van der Waals surface area contributed by atoms with Crippen molar-refractivity contribution < 1.29 is 9.47 Å². The number of rotatable bonds is 12. The molecule has 4 aromatic carbocycles. The van der Waals surface area contributed by atoms with E-state index in [1.165, 1.54) is 57.9 Å². The van der Waals surface area contributed by atoms with E-state index >= 15 is 0 Å². The number of benzene rings is 4. The molecule has 2 aromatic heterocycles. The third kappa shape index (κ3) is 6.23. The van der Waals surface area contributed by atoms with Gasteiger partial charge in [0.15, 0.2) is 0 Å². The number of nitrogens with zero attached hydrogens (tertiary/aromatic N) is 2. The molecule has 1 aliphatic heterocycles. The highest BCUT2D eigenvalue weighted by molar-refractivity contribution is 7.80. The highest BCUT2D eigenvalue weighted by atomic mass is 32.1. The summed E-state index contributed by atoms with van der Waals surface area (Å²) in [6.07, 6.45) is 0. The van der Waals surface area contributed by atoms with E-state index in [1.807, 2.05) is 28.7 Å². The first-order valence-electron chi connectivity index (χ1n) is 17.6. The predicted molar refractivity (Wildman–Crippen MR) is 219 cm³/mol. The summed E-state index contributed by atoms with van der Waals surface area (Å²) in [6.45, 7) is 12.9. The van der Waals surface area contributed by atoms with Crippen LogP contribution in [0.25, 0.3) is 20.9 Å². The summed E-state index contributed by atoms with van der Waals surface area (Å²) in [5, 5.41) is 4.22. The molecular weight excluding hydrogens is 672 g/mol. The summed E-state index contributed by atoms with van der Waals surface area (Å²) in [4.78, 5) is 10.1. The molecule has 0 aliphatic carbocycles. The molecule has 6 aromatic rings. The van der Waals surface area contributed by atoms with Crippen molar-refractivity contribution in [2.75, 3.05) is 50.2 Å². The van der Waals surface area contributed by atoms with Gasteiger partial charge in [0, 0.05) is 73.2 Å². The molecule has 7 rings (SSSR count). The van der Waals surface area contributed by atoms with E-state index in [-0.39, 0.29) is 5.92 Å². The van der Waals surface area contributed by atoms with Gasteiger partial charge in [-0.2, -0.15) is 0 Å². The van der Waals surface area contributed by atoms with Crippen LogP contribution in [-0.4, -0.2) is 40.4 Å². The lowest BCUT2D eigenvalue weighted by Gasteiger charge is -2.31. The van der Waals surface area contributed by atoms with Crippen molar-refractivity contribution in [3.05, 3.63) is 125 Å². The van der Waals surface area contributed by atoms with Crippen LogP contribution in [0.1, 0.15) is 48.9 Å². The number of ether oxygens (including phenoxy) is 2. The number of fused-ring (bicyclic) bond motifs is 2. The van der Waals surface area contributed by atoms with Crippen molar-refractivity contribution in [1.82, 2.24) is 0 Å². The minimum absolute atomic E-state index is 0.0176. The largest absolute Gasteiger partial charge is 0.496 e. The normalized spacial score (nSPS) is 14.9. The van der Waals surface area contributed by atoms with Gasteiger partial charge in [-0.1, -0.05) is 60.7 Å². The van der Waals surface area contributed by atoms with Crippen molar-refractivity contribution in [2.45, 2.75) is 33.6 Å². The minimum atomic E-state index is -0.803. The van der Waals surface area contributed by atoms with E-state index in [2.05, 4.69) is 141 Å². The fraction of sp³-hybridized carbons (Fsp3) is 0.256. The molecule has 0 fully saturated rings. The van der Waals surface area contributed by atoms with Crippen molar-refractivity contribution in [3.8, 4) is 32.4 Å². The Hall–Kier alpha value is -4.09. The van der Waals surface area contributed by atoms with Crippen LogP contribution in [0.5, 0.6) is 11.5 Å². The summed E-state index contributed by atoms with van der Waals surface area (Å²) in [6, 6.07) is 40.6. The van der Waals surface area contributed by atoms with Gasteiger partial charge >= 0.3 is 0 Å². The topological polar surface area (TPSA) is 24.9 Å². The molecule has 0 unspecified atom stereocenters. The first-order chi connectivity index (χ1) is 24.5. The Kier molecular flexibility index (Phi) is 10.3. The van der Waals surface area contributed by atoms with Crippen molar-refractivity contribution in [2.24, 2.45) is 0 Å². The number of methoxy groups -OCH3 is 2. The number of hydrogen-bond donors (Lipinski definition) is 0. The Labute approximate surface area is 306 Å². The zero-order valence-electron chi connectivity index (χ0n) is 29.8. The first-order valence-corrected chi connectivity index (χ1v) is 20.5. The summed E-state index contributed by atoms with van der Waals surface area (Å²) < 4.78 is 12.2. The molecule has 0 spiro atoms. The van der Waals surface area contributed by atoms with E-state index in [0.717, 1.165) is 43.2 Å². The first kappa shape index (κ1) is 34.4. The van der Waals surface area contributed by atoms with E-state index in [0.29, 0.717) is 0 Å². The molecule has 256 valence electrons. The molecule has 0 radical (unpaired) electrons. The summed E-state index contributed by atoms with van der Waals surface area (Å²) in [5.74, 6) is 1.69. The van der Waals surface area contributed by atoms with Crippen LogP contribution >= 0.6 is 30.6 Å². The third-order valence-electron chi connectivity index (χ3n) is 9.82. The summed E-state index contributed by atoms with van der Waals surface area (Å²) >= 11 is 3.85. The highest BCUT2D eigenvalue weighted by Gasteiger charge is 2.40. The Bertz CT molecular complexity index is 1920. The molecule has 50 heavy (non-hydrogen) atoms.